The van der Waals surface area contributed by atoms with E-state index in [4.69, 9.17) is 0 Å². The van der Waals surface area contributed by atoms with Crippen molar-refractivity contribution in [3.63, 3.8) is 0 Å². The number of aromatic nitrogens is 1. The van der Waals surface area contributed by atoms with E-state index in [-0.39, 0.29) is 5.75 Å². The van der Waals surface area contributed by atoms with Crippen molar-refractivity contribution in [3.05, 3.63) is 66.5 Å². The van der Waals surface area contributed by atoms with Crippen LogP contribution >= 0.6 is 0 Å². The van der Waals surface area contributed by atoms with Gasteiger partial charge in [-0.1, -0.05) is 6.58 Å². The zero-order chi connectivity index (χ0) is 16.9. The summed E-state index contributed by atoms with van der Waals surface area (Å²) in [5, 5.41) is 0. The number of nitrogens with zero attached hydrogens (tertiary/aromatic N) is 1. The Balaban J connectivity index is 1.92. The molecule has 2 rings (SSSR count). The molecule has 0 radical (unpaired) electrons. The molecule has 2 N–H and O–H groups in total. The molecule has 120 valence electrons. The summed E-state index contributed by atoms with van der Waals surface area (Å²) < 4.78 is 40.0. The number of hydrogen-bond donors (Lipinski definition) is 2. The van der Waals surface area contributed by atoms with Gasteiger partial charge in [0, 0.05) is 18.0 Å². The van der Waals surface area contributed by atoms with Gasteiger partial charge in [-0.15, -0.1) is 13.2 Å². The number of hydrazine groups is 1. The van der Waals surface area contributed by atoms with Gasteiger partial charge in [0.15, 0.2) is 0 Å². The summed E-state index contributed by atoms with van der Waals surface area (Å²) in [5.41, 5.74) is 6.21. The number of carbonyl (C=O) groups is 1. The van der Waals surface area contributed by atoms with E-state index in [1.807, 2.05) is 0 Å². The number of amides is 1. The van der Waals surface area contributed by atoms with Crippen LogP contribution in [0.1, 0.15) is 15.9 Å². The standard InChI is InChI=1S/C15H12F3N3O2/c1-10(20-21-14(22)12-6-8-19-9-7-12)11-2-4-13(5-3-11)23-15(16,17)18/h2-9,20H,1H2,(H,21,22). The number of carbonyl (C=O) groups excluding carboxylic acids is 1. The lowest BCUT2D eigenvalue weighted by Crippen LogP contribution is -2.35. The molecule has 1 aromatic carbocycles. The second kappa shape index (κ2) is 6.82. The van der Waals surface area contributed by atoms with Crippen molar-refractivity contribution >= 4 is 11.6 Å². The molecule has 1 amide bonds. The molecule has 8 heteroatoms. The normalized spacial score (nSPS) is 10.7. The number of pyridine rings is 1. The van der Waals surface area contributed by atoms with Crippen LogP contribution in [0, 0.1) is 0 Å². The summed E-state index contributed by atoms with van der Waals surface area (Å²) in [6.07, 6.45) is -1.79. The van der Waals surface area contributed by atoms with Gasteiger partial charge in [-0.2, -0.15) is 0 Å². The number of alkyl halides is 3. The Morgan fingerprint density at radius 1 is 1.00 bits per heavy atom. The number of ether oxygens (including phenoxy) is 1. The van der Waals surface area contributed by atoms with Crippen molar-refractivity contribution in [2.75, 3.05) is 0 Å². The maximum absolute atomic E-state index is 12.1. The molecule has 2 aromatic rings. The first-order valence-corrected chi connectivity index (χ1v) is 6.36. The molecule has 1 aromatic heterocycles. The van der Waals surface area contributed by atoms with Crippen LogP contribution in [-0.2, 0) is 0 Å². The zero-order valence-electron chi connectivity index (χ0n) is 11.7. The van der Waals surface area contributed by atoms with E-state index in [1.165, 1.54) is 36.7 Å². The average molecular weight is 323 g/mol. The first kappa shape index (κ1) is 16.3. The molecule has 5 nitrogen and oxygen atoms in total. The minimum Gasteiger partial charge on any atom is -0.406 e. The van der Waals surface area contributed by atoms with E-state index in [2.05, 4.69) is 27.2 Å². The fraction of sp³-hybridized carbons (Fsp3) is 0.0667. The molecule has 0 fully saturated rings. The van der Waals surface area contributed by atoms with Crippen LogP contribution in [0.2, 0.25) is 0 Å². The molecule has 0 aliphatic rings. The first-order valence-electron chi connectivity index (χ1n) is 6.36. The Labute approximate surface area is 129 Å². The fourth-order valence-corrected chi connectivity index (χ4v) is 1.64. The van der Waals surface area contributed by atoms with Gasteiger partial charge in [0.2, 0.25) is 0 Å². The van der Waals surface area contributed by atoms with Gasteiger partial charge in [0.25, 0.3) is 5.91 Å². The topological polar surface area (TPSA) is 63.2 Å². The smallest absolute Gasteiger partial charge is 0.406 e. The molecule has 0 aliphatic heterocycles. The third-order valence-corrected chi connectivity index (χ3v) is 2.71. The predicted molar refractivity (Wildman–Crippen MR) is 77.0 cm³/mol. The third kappa shape index (κ3) is 5.03. The average Bonchev–Trinajstić information content (AvgIpc) is 2.52. The second-order valence-electron chi connectivity index (χ2n) is 4.37. The number of nitrogens with one attached hydrogen (secondary N) is 2. The largest absolute Gasteiger partial charge is 0.573 e. The molecule has 0 spiro atoms. The van der Waals surface area contributed by atoms with Crippen LogP contribution < -0.4 is 15.6 Å². The van der Waals surface area contributed by atoms with Crippen molar-refractivity contribution in [1.29, 1.82) is 0 Å². The van der Waals surface area contributed by atoms with Gasteiger partial charge >= 0.3 is 6.36 Å². The first-order chi connectivity index (χ1) is 10.8. The zero-order valence-corrected chi connectivity index (χ0v) is 11.7. The lowest BCUT2D eigenvalue weighted by atomic mass is 10.2. The molecule has 0 atom stereocenters. The molecule has 23 heavy (non-hydrogen) atoms. The number of halogens is 3. The monoisotopic (exact) mass is 323 g/mol. The molecular weight excluding hydrogens is 311 g/mol. The van der Waals surface area contributed by atoms with Crippen LogP contribution in [0.5, 0.6) is 5.75 Å². The van der Waals surface area contributed by atoms with Crippen LogP contribution in [0.15, 0.2) is 55.4 Å². The highest BCUT2D eigenvalue weighted by Gasteiger charge is 2.30. The number of benzene rings is 1. The summed E-state index contributed by atoms with van der Waals surface area (Å²) >= 11 is 0. The van der Waals surface area contributed by atoms with E-state index in [1.54, 1.807) is 0 Å². The molecule has 1 heterocycles. The summed E-state index contributed by atoms with van der Waals surface area (Å²) in [6.45, 7) is 3.69. The SMILES string of the molecule is C=C(NNC(=O)c1ccncc1)c1ccc(OC(F)(F)F)cc1. The summed E-state index contributed by atoms with van der Waals surface area (Å²) in [6, 6.07) is 8.14. The second-order valence-corrected chi connectivity index (χ2v) is 4.37. The van der Waals surface area contributed by atoms with Crippen LogP contribution in [0.25, 0.3) is 5.70 Å². The van der Waals surface area contributed by atoms with Gasteiger partial charge in [-0.3, -0.25) is 20.6 Å². The van der Waals surface area contributed by atoms with Crippen molar-refractivity contribution < 1.29 is 22.7 Å². The van der Waals surface area contributed by atoms with E-state index >= 15 is 0 Å². The maximum Gasteiger partial charge on any atom is 0.573 e. The van der Waals surface area contributed by atoms with E-state index in [0.717, 1.165) is 12.1 Å². The Morgan fingerprint density at radius 3 is 2.17 bits per heavy atom. The summed E-state index contributed by atoms with van der Waals surface area (Å²) in [4.78, 5) is 15.6. The predicted octanol–water partition coefficient (Wildman–Crippen LogP) is 2.89. The Hall–Kier alpha value is -3.03. The van der Waals surface area contributed by atoms with Gasteiger partial charge in [0.1, 0.15) is 5.75 Å². The third-order valence-electron chi connectivity index (χ3n) is 2.71. The van der Waals surface area contributed by atoms with E-state index < -0.39 is 12.3 Å². The lowest BCUT2D eigenvalue weighted by molar-refractivity contribution is -0.274. The van der Waals surface area contributed by atoms with Crippen molar-refractivity contribution in [1.82, 2.24) is 15.8 Å². The minimum absolute atomic E-state index is 0.311. The van der Waals surface area contributed by atoms with E-state index in [0.29, 0.717) is 16.8 Å². The lowest BCUT2D eigenvalue weighted by Gasteiger charge is -2.12. The van der Waals surface area contributed by atoms with E-state index in [9.17, 15) is 18.0 Å². The van der Waals surface area contributed by atoms with Gasteiger partial charge < -0.3 is 4.74 Å². The molecule has 0 aliphatic carbocycles. The summed E-state index contributed by atoms with van der Waals surface area (Å²) in [5.74, 6) is -0.736. The number of rotatable bonds is 5. The minimum atomic E-state index is -4.74. The molecular formula is C15H12F3N3O2. The fourth-order valence-electron chi connectivity index (χ4n) is 1.64. The highest BCUT2D eigenvalue weighted by atomic mass is 19.4. The molecule has 0 bridgehead atoms. The maximum atomic E-state index is 12.1. The van der Waals surface area contributed by atoms with Crippen LogP contribution in [-0.4, -0.2) is 17.3 Å². The van der Waals surface area contributed by atoms with Crippen molar-refractivity contribution in [2.45, 2.75) is 6.36 Å². The Kier molecular flexibility index (Phi) is 4.85. The van der Waals surface area contributed by atoms with Gasteiger partial charge in [0.05, 0.1) is 5.70 Å². The number of hydrogen-bond acceptors (Lipinski definition) is 4. The quantitative estimate of drug-likeness (QED) is 0.831. The van der Waals surface area contributed by atoms with Crippen molar-refractivity contribution in [2.24, 2.45) is 0 Å². The molecule has 0 unspecified atom stereocenters. The van der Waals surface area contributed by atoms with Crippen LogP contribution in [0.4, 0.5) is 13.2 Å². The highest BCUT2D eigenvalue weighted by Crippen LogP contribution is 2.23. The highest BCUT2D eigenvalue weighted by molar-refractivity contribution is 5.94. The van der Waals surface area contributed by atoms with Gasteiger partial charge in [-0.05, 0) is 42.0 Å². The Morgan fingerprint density at radius 2 is 1.61 bits per heavy atom. The molecule has 0 saturated heterocycles. The van der Waals surface area contributed by atoms with Crippen molar-refractivity contribution in [3.8, 4) is 5.75 Å². The van der Waals surface area contributed by atoms with Crippen LogP contribution in [0.3, 0.4) is 0 Å². The molecule has 0 saturated carbocycles. The van der Waals surface area contributed by atoms with Gasteiger partial charge in [-0.25, -0.2) is 0 Å². The Bertz CT molecular complexity index is 685. The summed E-state index contributed by atoms with van der Waals surface area (Å²) in [7, 11) is 0.